The van der Waals surface area contributed by atoms with Gasteiger partial charge in [-0.15, -0.1) is 0 Å². The van der Waals surface area contributed by atoms with Crippen LogP contribution in [0.1, 0.15) is 64.9 Å². The standard InChI is InChI=1S/C32H32Cl4N2O4/c1-31(2)11-22-28(24(39)13-31)27(29-23(38(22)5)12-32(3,4)14-25(29)40)16-8-20(35)30(21(36)9-16)42-15-26(41)37-17-6-7-18(33)19(34)10-17/h6-10,27H,11-15H2,1-5H3,(H,37,41). The van der Waals surface area contributed by atoms with Crippen LogP contribution in [0.2, 0.25) is 20.1 Å². The molecule has 1 heterocycles. The molecule has 1 N–H and O–H groups in total. The first-order valence-electron chi connectivity index (χ1n) is 13.7. The number of nitrogens with one attached hydrogen (secondary N) is 1. The number of carbonyl (C=O) groups excluding carboxylic acids is 3. The van der Waals surface area contributed by atoms with Gasteiger partial charge in [-0.3, -0.25) is 14.4 Å². The average molecular weight is 650 g/mol. The molecule has 0 saturated heterocycles. The van der Waals surface area contributed by atoms with Crippen molar-refractivity contribution in [2.24, 2.45) is 10.8 Å². The molecule has 0 atom stereocenters. The monoisotopic (exact) mass is 648 g/mol. The first-order chi connectivity index (χ1) is 19.6. The Balaban J connectivity index is 1.49. The van der Waals surface area contributed by atoms with Gasteiger partial charge in [0.15, 0.2) is 23.9 Å². The number of halogens is 4. The Hall–Kier alpha value is -2.51. The summed E-state index contributed by atoms with van der Waals surface area (Å²) < 4.78 is 5.72. The number of ether oxygens (including phenoxy) is 1. The first kappa shape index (κ1) is 30.9. The van der Waals surface area contributed by atoms with E-state index in [-0.39, 0.29) is 44.8 Å². The lowest BCUT2D eigenvalue weighted by Gasteiger charge is -2.48. The van der Waals surface area contributed by atoms with Gasteiger partial charge in [0.2, 0.25) is 0 Å². The van der Waals surface area contributed by atoms with Crippen LogP contribution in [0.5, 0.6) is 5.75 Å². The van der Waals surface area contributed by atoms with E-state index in [1.54, 1.807) is 24.3 Å². The van der Waals surface area contributed by atoms with E-state index >= 15 is 0 Å². The van der Waals surface area contributed by atoms with E-state index in [0.717, 1.165) is 11.4 Å². The summed E-state index contributed by atoms with van der Waals surface area (Å²) >= 11 is 25.4. The lowest BCUT2D eigenvalue weighted by Crippen LogP contribution is -2.43. The summed E-state index contributed by atoms with van der Waals surface area (Å²) in [6.45, 7) is 8.01. The molecule has 0 saturated carbocycles. The first-order valence-corrected chi connectivity index (χ1v) is 15.2. The van der Waals surface area contributed by atoms with Gasteiger partial charge >= 0.3 is 0 Å². The number of ketones is 2. The molecule has 222 valence electrons. The maximum atomic E-state index is 13.7. The second-order valence-electron chi connectivity index (χ2n) is 12.9. The Labute approximate surface area is 266 Å². The summed E-state index contributed by atoms with van der Waals surface area (Å²) in [5.41, 5.74) is 3.84. The minimum atomic E-state index is -0.583. The average Bonchev–Trinajstić information content (AvgIpc) is 2.85. The van der Waals surface area contributed by atoms with E-state index < -0.39 is 11.8 Å². The van der Waals surface area contributed by atoms with Crippen molar-refractivity contribution in [3.63, 3.8) is 0 Å². The van der Waals surface area contributed by atoms with Gasteiger partial charge < -0.3 is 15.0 Å². The number of anilines is 1. The van der Waals surface area contributed by atoms with Crippen molar-refractivity contribution in [3.8, 4) is 5.75 Å². The Morgan fingerprint density at radius 1 is 0.833 bits per heavy atom. The second-order valence-corrected chi connectivity index (χ2v) is 14.5. The highest BCUT2D eigenvalue weighted by Gasteiger charge is 2.48. The molecule has 5 rings (SSSR count). The van der Waals surface area contributed by atoms with Crippen LogP contribution >= 0.6 is 46.4 Å². The van der Waals surface area contributed by atoms with Crippen LogP contribution in [0.25, 0.3) is 0 Å². The predicted octanol–water partition coefficient (Wildman–Crippen LogP) is 8.63. The Morgan fingerprint density at radius 2 is 1.36 bits per heavy atom. The minimum Gasteiger partial charge on any atom is -0.481 e. The van der Waals surface area contributed by atoms with Crippen molar-refractivity contribution in [1.29, 1.82) is 0 Å². The zero-order valence-electron chi connectivity index (χ0n) is 24.1. The third-order valence-electron chi connectivity index (χ3n) is 8.08. The molecule has 0 bridgehead atoms. The summed E-state index contributed by atoms with van der Waals surface area (Å²) in [5.74, 6) is -0.853. The molecule has 42 heavy (non-hydrogen) atoms. The summed E-state index contributed by atoms with van der Waals surface area (Å²) in [5, 5.41) is 3.72. The van der Waals surface area contributed by atoms with Gasteiger partial charge in [-0.1, -0.05) is 74.1 Å². The van der Waals surface area contributed by atoms with Crippen molar-refractivity contribution in [2.45, 2.75) is 59.3 Å². The summed E-state index contributed by atoms with van der Waals surface area (Å²) in [6, 6.07) is 8.10. The number of allylic oxidation sites excluding steroid dienone is 4. The molecular weight excluding hydrogens is 618 g/mol. The van der Waals surface area contributed by atoms with Gasteiger partial charge in [0.05, 0.1) is 20.1 Å². The Bertz CT molecular complexity index is 1510. The van der Waals surface area contributed by atoms with Crippen LogP contribution < -0.4 is 10.1 Å². The number of benzene rings is 2. The molecule has 2 aliphatic carbocycles. The van der Waals surface area contributed by atoms with Gasteiger partial charge in [-0.05, 0) is 59.6 Å². The molecule has 0 radical (unpaired) electrons. The molecule has 10 heteroatoms. The molecule has 0 spiro atoms. The van der Waals surface area contributed by atoms with Gasteiger partial charge in [0.25, 0.3) is 5.91 Å². The number of hydrogen-bond acceptors (Lipinski definition) is 5. The largest absolute Gasteiger partial charge is 0.481 e. The van der Waals surface area contributed by atoms with Crippen LogP contribution in [0.4, 0.5) is 5.69 Å². The van der Waals surface area contributed by atoms with E-state index in [9.17, 15) is 14.4 Å². The molecule has 2 aromatic rings. The van der Waals surface area contributed by atoms with Crippen molar-refractivity contribution >= 4 is 69.6 Å². The van der Waals surface area contributed by atoms with Gasteiger partial charge in [0, 0.05) is 54.0 Å². The van der Waals surface area contributed by atoms with Crippen LogP contribution in [-0.4, -0.2) is 36.0 Å². The van der Waals surface area contributed by atoms with E-state index in [1.807, 2.05) is 7.05 Å². The molecule has 1 aliphatic heterocycles. The maximum absolute atomic E-state index is 13.7. The number of hydrogen-bond donors (Lipinski definition) is 1. The highest BCUT2D eigenvalue weighted by Crippen LogP contribution is 2.54. The van der Waals surface area contributed by atoms with Crippen molar-refractivity contribution in [1.82, 2.24) is 4.90 Å². The molecule has 0 aromatic heterocycles. The smallest absolute Gasteiger partial charge is 0.262 e. The fourth-order valence-corrected chi connectivity index (χ4v) is 7.20. The van der Waals surface area contributed by atoms with Gasteiger partial charge in [0.1, 0.15) is 0 Å². The van der Waals surface area contributed by atoms with Crippen molar-refractivity contribution < 1.29 is 19.1 Å². The number of Topliss-reactive ketones (excluding diaryl/α,β-unsaturated/α-hetero) is 2. The van der Waals surface area contributed by atoms with Crippen LogP contribution in [0, 0.1) is 10.8 Å². The molecule has 6 nitrogen and oxygen atoms in total. The van der Waals surface area contributed by atoms with Crippen LogP contribution in [-0.2, 0) is 14.4 Å². The van der Waals surface area contributed by atoms with Crippen molar-refractivity contribution in [2.75, 3.05) is 19.0 Å². The van der Waals surface area contributed by atoms with E-state index in [0.29, 0.717) is 58.1 Å². The van der Waals surface area contributed by atoms with Crippen LogP contribution in [0.15, 0.2) is 52.9 Å². The zero-order chi connectivity index (χ0) is 30.7. The maximum Gasteiger partial charge on any atom is 0.262 e. The molecule has 0 unspecified atom stereocenters. The van der Waals surface area contributed by atoms with E-state index in [4.69, 9.17) is 51.1 Å². The molecule has 0 fully saturated rings. The van der Waals surface area contributed by atoms with Gasteiger partial charge in [-0.25, -0.2) is 0 Å². The highest BCUT2D eigenvalue weighted by atomic mass is 35.5. The number of amides is 1. The Morgan fingerprint density at radius 3 is 1.86 bits per heavy atom. The fraction of sp³-hybridized carbons (Fsp3) is 0.406. The SMILES string of the molecule is CN1C2=C(C(=O)CC(C)(C)C2)C(c2cc(Cl)c(OCC(=O)Nc3ccc(Cl)c(Cl)c3)c(Cl)c2)C2=C1CC(C)(C)CC2=O. The van der Waals surface area contributed by atoms with E-state index in [1.165, 1.54) is 6.07 Å². The number of nitrogens with zero attached hydrogens (tertiary/aromatic N) is 1. The highest BCUT2D eigenvalue weighted by molar-refractivity contribution is 6.42. The number of carbonyl (C=O) groups is 3. The number of rotatable bonds is 5. The topological polar surface area (TPSA) is 75.7 Å². The summed E-state index contributed by atoms with van der Waals surface area (Å²) in [4.78, 5) is 42.1. The quantitative estimate of drug-likeness (QED) is 0.351. The Kier molecular flexibility index (Phi) is 8.25. The molecule has 2 aromatic carbocycles. The normalized spacial score (nSPS) is 20.0. The fourth-order valence-electron chi connectivity index (χ4n) is 6.29. The lowest BCUT2D eigenvalue weighted by atomic mass is 9.64. The summed E-state index contributed by atoms with van der Waals surface area (Å²) in [6.07, 6.45) is 2.19. The van der Waals surface area contributed by atoms with Gasteiger partial charge in [-0.2, -0.15) is 0 Å². The minimum absolute atomic E-state index is 0.0221. The van der Waals surface area contributed by atoms with Crippen molar-refractivity contribution in [3.05, 3.63) is 78.5 Å². The molecular formula is C32H32Cl4N2O4. The van der Waals surface area contributed by atoms with E-state index in [2.05, 4.69) is 37.9 Å². The predicted molar refractivity (Wildman–Crippen MR) is 168 cm³/mol. The third-order valence-corrected chi connectivity index (χ3v) is 9.39. The zero-order valence-corrected chi connectivity index (χ0v) is 27.1. The third kappa shape index (κ3) is 5.96. The van der Waals surface area contributed by atoms with Crippen LogP contribution in [0.3, 0.4) is 0 Å². The lowest BCUT2D eigenvalue weighted by molar-refractivity contribution is -0.120. The molecule has 1 amide bonds. The summed E-state index contributed by atoms with van der Waals surface area (Å²) in [7, 11) is 1.96. The molecule has 3 aliphatic rings. The second kappa shape index (κ2) is 11.2.